The van der Waals surface area contributed by atoms with Gasteiger partial charge in [0.15, 0.2) is 0 Å². The lowest BCUT2D eigenvalue weighted by Gasteiger charge is -2.14. The molecule has 1 atom stereocenters. The van der Waals surface area contributed by atoms with Crippen molar-refractivity contribution in [1.29, 1.82) is 0 Å². The van der Waals surface area contributed by atoms with Gasteiger partial charge in [-0.3, -0.25) is 0 Å². The zero-order valence-corrected chi connectivity index (χ0v) is 12.1. The highest BCUT2D eigenvalue weighted by molar-refractivity contribution is 5.48. The van der Waals surface area contributed by atoms with E-state index in [1.807, 2.05) is 36.1 Å². The number of hydrogen-bond acceptors (Lipinski definition) is 3. The molecule has 4 heteroatoms. The van der Waals surface area contributed by atoms with Crippen LogP contribution in [0.1, 0.15) is 36.6 Å². The van der Waals surface area contributed by atoms with Gasteiger partial charge in [0.05, 0.1) is 13.3 Å². The molecule has 0 saturated heterocycles. The van der Waals surface area contributed by atoms with Crippen LogP contribution in [-0.2, 0) is 6.42 Å². The Kier molecular flexibility index (Phi) is 3.74. The van der Waals surface area contributed by atoms with E-state index < -0.39 is 0 Å². The molecule has 0 bridgehead atoms. The van der Waals surface area contributed by atoms with Crippen LogP contribution in [0.15, 0.2) is 30.5 Å². The summed E-state index contributed by atoms with van der Waals surface area (Å²) in [4.78, 5) is 0. The quantitative estimate of drug-likeness (QED) is 0.872. The van der Waals surface area contributed by atoms with E-state index in [1.54, 1.807) is 7.11 Å². The van der Waals surface area contributed by atoms with Crippen LogP contribution >= 0.6 is 0 Å². The largest absolute Gasteiger partial charge is 0.494 e. The Labute approximate surface area is 119 Å². The minimum absolute atomic E-state index is 0.413. The topological polar surface area (TPSA) is 39.1 Å². The molecule has 0 saturated carbocycles. The Bertz CT molecular complexity index is 591. The van der Waals surface area contributed by atoms with Crippen molar-refractivity contribution in [3.8, 4) is 11.4 Å². The number of rotatable bonds is 3. The summed E-state index contributed by atoms with van der Waals surface area (Å²) in [6, 6.07) is 8.47. The monoisotopic (exact) mass is 271 g/mol. The summed E-state index contributed by atoms with van der Waals surface area (Å²) >= 11 is 0. The highest BCUT2D eigenvalue weighted by atomic mass is 16.5. The Morgan fingerprint density at radius 3 is 2.95 bits per heavy atom. The first-order valence-corrected chi connectivity index (χ1v) is 7.22. The molecule has 0 radical (unpaired) electrons. The maximum Gasteiger partial charge on any atom is 0.144 e. The van der Waals surface area contributed by atoms with Gasteiger partial charge in [-0.25, -0.2) is 4.68 Å². The number of ether oxygens (including phenoxy) is 1. The molecular formula is C16H21N3O. The summed E-state index contributed by atoms with van der Waals surface area (Å²) in [6.45, 7) is 0. The molecular weight excluding hydrogens is 250 g/mol. The van der Waals surface area contributed by atoms with E-state index in [0.717, 1.165) is 17.9 Å². The number of aromatic nitrogens is 2. The summed E-state index contributed by atoms with van der Waals surface area (Å²) in [6.07, 6.45) is 6.74. The molecule has 0 fully saturated rings. The van der Waals surface area contributed by atoms with E-state index in [0.29, 0.717) is 6.04 Å². The number of nitrogens with one attached hydrogen (secondary N) is 1. The van der Waals surface area contributed by atoms with Crippen molar-refractivity contribution < 1.29 is 4.74 Å². The highest BCUT2D eigenvalue weighted by Gasteiger charge is 2.22. The van der Waals surface area contributed by atoms with Gasteiger partial charge in [0, 0.05) is 17.3 Å². The zero-order valence-electron chi connectivity index (χ0n) is 12.1. The molecule has 3 rings (SSSR count). The van der Waals surface area contributed by atoms with Crippen LogP contribution in [0.5, 0.6) is 5.75 Å². The van der Waals surface area contributed by atoms with Crippen molar-refractivity contribution in [3.63, 3.8) is 0 Å². The van der Waals surface area contributed by atoms with Gasteiger partial charge in [0.2, 0.25) is 0 Å². The number of para-hydroxylation sites is 2. The van der Waals surface area contributed by atoms with E-state index in [-0.39, 0.29) is 0 Å². The summed E-state index contributed by atoms with van der Waals surface area (Å²) < 4.78 is 7.51. The van der Waals surface area contributed by atoms with Crippen LogP contribution in [0.4, 0.5) is 0 Å². The first-order chi connectivity index (χ1) is 9.85. The Hall–Kier alpha value is -1.81. The van der Waals surface area contributed by atoms with Gasteiger partial charge in [0.1, 0.15) is 11.4 Å². The number of fused-ring (bicyclic) bond motifs is 1. The van der Waals surface area contributed by atoms with Crippen LogP contribution in [0, 0.1) is 0 Å². The van der Waals surface area contributed by atoms with Crippen molar-refractivity contribution in [2.75, 3.05) is 14.2 Å². The molecule has 4 nitrogen and oxygen atoms in total. The second-order valence-electron chi connectivity index (χ2n) is 5.22. The standard InChI is InChI=1S/C16H21N3O/c1-17-13-7-3-4-8-14-12(13)11-18-19(14)15-9-5-6-10-16(15)20-2/h5-6,9-11,13,17H,3-4,7-8H2,1-2H3. The van der Waals surface area contributed by atoms with E-state index >= 15 is 0 Å². The van der Waals surface area contributed by atoms with Crippen molar-refractivity contribution in [2.24, 2.45) is 0 Å². The van der Waals surface area contributed by atoms with E-state index in [1.165, 1.54) is 30.5 Å². The van der Waals surface area contributed by atoms with Crippen LogP contribution in [-0.4, -0.2) is 23.9 Å². The van der Waals surface area contributed by atoms with Gasteiger partial charge >= 0.3 is 0 Å². The zero-order chi connectivity index (χ0) is 13.9. The van der Waals surface area contributed by atoms with E-state index in [9.17, 15) is 0 Å². The lowest BCUT2D eigenvalue weighted by molar-refractivity contribution is 0.411. The molecule has 1 unspecified atom stereocenters. The first kappa shape index (κ1) is 13.2. The van der Waals surface area contributed by atoms with Gasteiger partial charge in [-0.05, 0) is 38.4 Å². The Balaban J connectivity index is 2.10. The maximum absolute atomic E-state index is 5.47. The molecule has 2 aromatic rings. The fraction of sp³-hybridized carbons (Fsp3) is 0.438. The smallest absolute Gasteiger partial charge is 0.144 e. The van der Waals surface area contributed by atoms with Crippen molar-refractivity contribution in [3.05, 3.63) is 41.7 Å². The number of hydrogen-bond donors (Lipinski definition) is 1. The molecule has 0 spiro atoms. The minimum Gasteiger partial charge on any atom is -0.494 e. The minimum atomic E-state index is 0.413. The van der Waals surface area contributed by atoms with Crippen LogP contribution in [0.2, 0.25) is 0 Å². The predicted octanol–water partition coefficient (Wildman–Crippen LogP) is 2.87. The fourth-order valence-corrected chi connectivity index (χ4v) is 3.04. The summed E-state index contributed by atoms with van der Waals surface area (Å²) in [5, 5.41) is 8.02. The molecule has 106 valence electrons. The fourth-order valence-electron chi connectivity index (χ4n) is 3.04. The van der Waals surface area contributed by atoms with Gasteiger partial charge in [-0.2, -0.15) is 5.10 Å². The molecule has 20 heavy (non-hydrogen) atoms. The third-order valence-corrected chi connectivity index (χ3v) is 4.09. The van der Waals surface area contributed by atoms with Gasteiger partial charge in [-0.15, -0.1) is 0 Å². The lowest BCUT2D eigenvalue weighted by atomic mass is 10.1. The molecule has 1 heterocycles. The lowest BCUT2D eigenvalue weighted by Crippen LogP contribution is -2.16. The SMILES string of the molecule is CNC1CCCCc2c1cnn2-c1ccccc1OC. The summed E-state index contributed by atoms with van der Waals surface area (Å²) in [5.74, 6) is 0.864. The molecule has 0 aliphatic heterocycles. The van der Waals surface area contributed by atoms with E-state index in [2.05, 4.69) is 16.5 Å². The van der Waals surface area contributed by atoms with Gasteiger partial charge in [-0.1, -0.05) is 18.6 Å². The van der Waals surface area contributed by atoms with E-state index in [4.69, 9.17) is 4.74 Å². The van der Waals surface area contributed by atoms with Crippen LogP contribution in [0.3, 0.4) is 0 Å². The van der Waals surface area contributed by atoms with Gasteiger partial charge < -0.3 is 10.1 Å². The van der Waals surface area contributed by atoms with Crippen LogP contribution < -0.4 is 10.1 Å². The average Bonchev–Trinajstić information content (AvgIpc) is 2.80. The molecule has 1 aliphatic rings. The average molecular weight is 271 g/mol. The van der Waals surface area contributed by atoms with Crippen molar-refractivity contribution in [2.45, 2.75) is 31.7 Å². The van der Waals surface area contributed by atoms with Crippen molar-refractivity contribution >= 4 is 0 Å². The van der Waals surface area contributed by atoms with Gasteiger partial charge in [0.25, 0.3) is 0 Å². The normalized spacial score (nSPS) is 18.4. The summed E-state index contributed by atoms with van der Waals surface area (Å²) in [7, 11) is 3.73. The molecule has 1 N–H and O–H groups in total. The third-order valence-electron chi connectivity index (χ3n) is 4.09. The molecule has 0 amide bonds. The third kappa shape index (κ3) is 2.20. The molecule has 1 aromatic carbocycles. The summed E-state index contributed by atoms with van der Waals surface area (Å²) in [5.41, 5.74) is 3.66. The second-order valence-corrected chi connectivity index (χ2v) is 5.22. The number of benzene rings is 1. The Morgan fingerprint density at radius 2 is 2.15 bits per heavy atom. The second kappa shape index (κ2) is 5.67. The molecule has 1 aliphatic carbocycles. The van der Waals surface area contributed by atoms with Crippen LogP contribution in [0.25, 0.3) is 5.69 Å². The maximum atomic E-state index is 5.47. The predicted molar refractivity (Wildman–Crippen MR) is 79.5 cm³/mol. The Morgan fingerprint density at radius 1 is 1.30 bits per heavy atom. The number of methoxy groups -OCH3 is 1. The molecule has 1 aromatic heterocycles. The first-order valence-electron chi connectivity index (χ1n) is 7.22. The number of nitrogens with zero attached hydrogens (tertiary/aromatic N) is 2. The highest BCUT2D eigenvalue weighted by Crippen LogP contribution is 2.31. The van der Waals surface area contributed by atoms with Crippen molar-refractivity contribution in [1.82, 2.24) is 15.1 Å².